The van der Waals surface area contributed by atoms with E-state index in [4.69, 9.17) is 10.2 Å². The summed E-state index contributed by atoms with van der Waals surface area (Å²) in [5.41, 5.74) is 0. The van der Waals surface area contributed by atoms with Crippen molar-refractivity contribution in [3.05, 3.63) is 0 Å². The van der Waals surface area contributed by atoms with Gasteiger partial charge in [0.2, 0.25) is 0 Å². The van der Waals surface area contributed by atoms with Crippen LogP contribution >= 0.6 is 0 Å². The molecule has 0 aliphatic heterocycles. The van der Waals surface area contributed by atoms with Crippen LogP contribution in [-0.2, 0) is 0 Å². The van der Waals surface area contributed by atoms with Gasteiger partial charge in [0.25, 0.3) is 0 Å². The van der Waals surface area contributed by atoms with Crippen molar-refractivity contribution in [3.8, 4) is 0 Å². The highest BCUT2D eigenvalue weighted by Gasteiger charge is 1.99. The molecular weight excluding hydrogens is 156 g/mol. The molecule has 4 heteroatoms. The minimum atomic E-state index is 0.149. The van der Waals surface area contributed by atoms with Crippen molar-refractivity contribution >= 4 is 0 Å². The van der Waals surface area contributed by atoms with E-state index in [-0.39, 0.29) is 25.3 Å². The molecule has 0 fully saturated rings. The van der Waals surface area contributed by atoms with E-state index in [9.17, 15) is 0 Å². The molecule has 0 aliphatic rings. The van der Waals surface area contributed by atoms with E-state index in [0.717, 1.165) is 13.1 Å². The van der Waals surface area contributed by atoms with Crippen LogP contribution in [0, 0.1) is 0 Å². The van der Waals surface area contributed by atoms with Crippen molar-refractivity contribution < 1.29 is 10.2 Å². The first-order valence-corrected chi connectivity index (χ1v) is 4.39. The zero-order valence-electron chi connectivity index (χ0n) is 7.88. The van der Waals surface area contributed by atoms with Crippen LogP contribution in [0.4, 0.5) is 0 Å². The van der Waals surface area contributed by atoms with Gasteiger partial charge in [-0.05, 0) is 13.8 Å². The van der Waals surface area contributed by atoms with Crippen LogP contribution in [-0.4, -0.2) is 48.6 Å². The smallest absolute Gasteiger partial charge is 0.0581 e. The average Bonchev–Trinajstić information content (AvgIpc) is 2.11. The molecule has 0 saturated carbocycles. The molecule has 0 aromatic rings. The topological polar surface area (TPSA) is 64.5 Å². The van der Waals surface area contributed by atoms with E-state index < -0.39 is 0 Å². The van der Waals surface area contributed by atoms with Crippen LogP contribution < -0.4 is 10.6 Å². The molecule has 0 radical (unpaired) electrons. The van der Waals surface area contributed by atoms with Gasteiger partial charge in [0.1, 0.15) is 0 Å². The number of aliphatic hydroxyl groups is 2. The fraction of sp³-hybridized carbons (Fsp3) is 1.00. The average molecular weight is 176 g/mol. The highest BCUT2D eigenvalue weighted by molar-refractivity contribution is 4.62. The van der Waals surface area contributed by atoms with Gasteiger partial charge in [-0.25, -0.2) is 0 Å². The van der Waals surface area contributed by atoms with Crippen molar-refractivity contribution in [2.75, 3.05) is 26.3 Å². The fourth-order valence-electron chi connectivity index (χ4n) is 0.766. The Bertz CT molecular complexity index is 89.1. The molecular formula is C8H20N2O2. The number of aliphatic hydroxyl groups excluding tert-OH is 2. The predicted molar refractivity (Wildman–Crippen MR) is 49.1 cm³/mol. The summed E-state index contributed by atoms with van der Waals surface area (Å²) in [6.07, 6.45) is 0. The van der Waals surface area contributed by atoms with Gasteiger partial charge in [0, 0.05) is 25.2 Å². The molecule has 0 saturated heterocycles. The molecule has 0 rings (SSSR count). The molecule has 74 valence electrons. The maximum Gasteiger partial charge on any atom is 0.0581 e. The summed E-state index contributed by atoms with van der Waals surface area (Å²) in [5, 5.41) is 23.6. The zero-order valence-corrected chi connectivity index (χ0v) is 7.88. The molecule has 0 aromatic carbocycles. The molecule has 0 bridgehead atoms. The molecule has 0 aromatic heterocycles. The lowest BCUT2D eigenvalue weighted by molar-refractivity contribution is 0.242. The maximum atomic E-state index is 8.67. The molecule has 0 amide bonds. The highest BCUT2D eigenvalue weighted by atomic mass is 16.3. The van der Waals surface area contributed by atoms with Crippen molar-refractivity contribution in [1.82, 2.24) is 10.6 Å². The number of nitrogens with one attached hydrogen (secondary N) is 2. The van der Waals surface area contributed by atoms with Crippen molar-refractivity contribution in [2.45, 2.75) is 25.9 Å². The minimum Gasteiger partial charge on any atom is -0.395 e. The molecule has 4 N–H and O–H groups in total. The Morgan fingerprint density at radius 3 is 1.50 bits per heavy atom. The second-order valence-corrected chi connectivity index (χ2v) is 3.08. The van der Waals surface area contributed by atoms with Gasteiger partial charge >= 0.3 is 0 Å². The molecule has 4 nitrogen and oxygen atoms in total. The van der Waals surface area contributed by atoms with Gasteiger partial charge in [-0.3, -0.25) is 0 Å². The van der Waals surface area contributed by atoms with E-state index in [1.54, 1.807) is 0 Å². The summed E-state index contributed by atoms with van der Waals surface area (Å²) >= 11 is 0. The molecule has 0 unspecified atom stereocenters. The van der Waals surface area contributed by atoms with Crippen molar-refractivity contribution in [2.24, 2.45) is 0 Å². The molecule has 0 aliphatic carbocycles. The molecule has 0 heterocycles. The first-order chi connectivity index (χ1) is 5.70. The van der Waals surface area contributed by atoms with Gasteiger partial charge in [0.15, 0.2) is 0 Å². The first kappa shape index (κ1) is 11.8. The van der Waals surface area contributed by atoms with Gasteiger partial charge in [-0.2, -0.15) is 0 Å². The predicted octanol–water partition coefficient (Wildman–Crippen LogP) is -1.07. The van der Waals surface area contributed by atoms with Crippen LogP contribution in [0.5, 0.6) is 0 Å². The van der Waals surface area contributed by atoms with Gasteiger partial charge < -0.3 is 20.8 Å². The van der Waals surface area contributed by atoms with Crippen molar-refractivity contribution in [1.29, 1.82) is 0 Å². The largest absolute Gasteiger partial charge is 0.395 e. The van der Waals surface area contributed by atoms with Crippen LogP contribution in [0.3, 0.4) is 0 Å². The second kappa shape index (κ2) is 7.49. The van der Waals surface area contributed by atoms with Crippen molar-refractivity contribution in [3.63, 3.8) is 0 Å². The second-order valence-electron chi connectivity index (χ2n) is 3.08. The highest BCUT2D eigenvalue weighted by Crippen LogP contribution is 1.78. The zero-order chi connectivity index (χ0) is 9.40. The minimum absolute atomic E-state index is 0.149. The van der Waals surface area contributed by atoms with Crippen LogP contribution in [0.1, 0.15) is 13.8 Å². The normalized spacial score (nSPS) is 16.0. The summed E-state index contributed by atoms with van der Waals surface area (Å²) in [6.45, 7) is 5.80. The third-order valence-corrected chi connectivity index (χ3v) is 1.66. The summed E-state index contributed by atoms with van der Waals surface area (Å²) in [5.74, 6) is 0. The molecule has 2 atom stereocenters. The van der Waals surface area contributed by atoms with E-state index in [0.29, 0.717) is 0 Å². The van der Waals surface area contributed by atoms with Gasteiger partial charge in [-0.1, -0.05) is 0 Å². The third kappa shape index (κ3) is 6.54. The lowest BCUT2D eigenvalue weighted by atomic mass is 10.3. The first-order valence-electron chi connectivity index (χ1n) is 4.39. The Kier molecular flexibility index (Phi) is 7.39. The van der Waals surface area contributed by atoms with Gasteiger partial charge in [0.05, 0.1) is 13.2 Å². The standard InChI is InChI=1S/C8H20N2O2/c1-7(5-11)9-3-4-10-8(2)6-12/h7-12H,3-6H2,1-2H3/t7-,8+. The Morgan fingerprint density at radius 2 is 1.25 bits per heavy atom. The van der Waals surface area contributed by atoms with E-state index in [1.807, 2.05) is 13.8 Å². The van der Waals surface area contributed by atoms with Crippen LogP contribution in [0.25, 0.3) is 0 Å². The Balaban J connectivity index is 3.10. The molecule has 0 spiro atoms. The van der Waals surface area contributed by atoms with Gasteiger partial charge in [-0.15, -0.1) is 0 Å². The SMILES string of the molecule is C[C@H](CO)NCCN[C@@H](C)CO. The fourth-order valence-corrected chi connectivity index (χ4v) is 0.766. The monoisotopic (exact) mass is 176 g/mol. The summed E-state index contributed by atoms with van der Waals surface area (Å²) in [7, 11) is 0. The lowest BCUT2D eigenvalue weighted by Crippen LogP contribution is -2.39. The van der Waals surface area contributed by atoms with Crippen LogP contribution in [0.15, 0.2) is 0 Å². The number of hydrogen-bond acceptors (Lipinski definition) is 4. The maximum absolute atomic E-state index is 8.67. The Morgan fingerprint density at radius 1 is 0.917 bits per heavy atom. The quantitative estimate of drug-likeness (QED) is 0.373. The lowest BCUT2D eigenvalue weighted by Gasteiger charge is -2.13. The Hall–Kier alpha value is -0.160. The summed E-state index contributed by atoms with van der Waals surface area (Å²) in [4.78, 5) is 0. The van der Waals surface area contributed by atoms with E-state index in [1.165, 1.54) is 0 Å². The van der Waals surface area contributed by atoms with Crippen LogP contribution in [0.2, 0.25) is 0 Å². The van der Waals surface area contributed by atoms with E-state index >= 15 is 0 Å². The summed E-state index contributed by atoms with van der Waals surface area (Å²) in [6, 6.07) is 0.299. The third-order valence-electron chi connectivity index (χ3n) is 1.66. The number of hydrogen-bond donors (Lipinski definition) is 4. The van der Waals surface area contributed by atoms with E-state index in [2.05, 4.69) is 10.6 Å². The number of rotatable bonds is 7. The summed E-state index contributed by atoms with van der Waals surface area (Å²) < 4.78 is 0. The molecule has 12 heavy (non-hydrogen) atoms. The Labute approximate surface area is 74.0 Å².